The first kappa shape index (κ1) is 18.0. The lowest BCUT2D eigenvalue weighted by molar-refractivity contribution is 0.564. The highest BCUT2D eigenvalue weighted by molar-refractivity contribution is 5.46. The van der Waals surface area contributed by atoms with Gasteiger partial charge in [0.25, 0.3) is 5.56 Å². The van der Waals surface area contributed by atoms with Gasteiger partial charge in [-0.05, 0) is 37.0 Å². The van der Waals surface area contributed by atoms with Crippen molar-refractivity contribution >= 4 is 5.82 Å². The number of hydrogen-bond acceptors (Lipinski definition) is 3. The van der Waals surface area contributed by atoms with E-state index in [1.54, 1.807) is 0 Å². The Balaban J connectivity index is 2.21. The van der Waals surface area contributed by atoms with Gasteiger partial charge in [0.2, 0.25) is 0 Å². The second kappa shape index (κ2) is 8.52. The molecular formula is C19H27N3O2. The third-order valence-corrected chi connectivity index (χ3v) is 4.24. The quantitative estimate of drug-likeness (QED) is 0.749. The lowest BCUT2D eigenvalue weighted by Gasteiger charge is -2.11. The van der Waals surface area contributed by atoms with E-state index < -0.39 is 0 Å². The first-order valence-electron chi connectivity index (χ1n) is 8.73. The molecule has 0 radical (unpaired) electrons. The number of aromatic nitrogens is 2. The Morgan fingerprint density at radius 2 is 2.04 bits per heavy atom. The molecule has 130 valence electrons. The van der Waals surface area contributed by atoms with Crippen LogP contribution in [0.25, 0.3) is 0 Å². The van der Waals surface area contributed by atoms with Crippen LogP contribution in [0.2, 0.25) is 0 Å². The Bertz CT molecular complexity index is 747. The van der Waals surface area contributed by atoms with E-state index in [2.05, 4.69) is 49.3 Å². The number of rotatable bonds is 7. The van der Waals surface area contributed by atoms with Crippen LogP contribution in [0.4, 0.5) is 5.82 Å². The minimum absolute atomic E-state index is 0.260. The summed E-state index contributed by atoms with van der Waals surface area (Å²) < 4.78 is 1.27. The van der Waals surface area contributed by atoms with Crippen LogP contribution in [-0.4, -0.2) is 9.55 Å². The summed E-state index contributed by atoms with van der Waals surface area (Å²) in [6.45, 7) is 6.77. The predicted molar refractivity (Wildman–Crippen MR) is 99.3 cm³/mol. The number of nitrogens with zero attached hydrogens (tertiary/aromatic N) is 1. The maximum Gasteiger partial charge on any atom is 0.329 e. The van der Waals surface area contributed by atoms with Crippen molar-refractivity contribution in [1.29, 1.82) is 0 Å². The molecule has 1 aliphatic carbocycles. The zero-order chi connectivity index (χ0) is 17.5. The van der Waals surface area contributed by atoms with Gasteiger partial charge in [-0.25, -0.2) is 4.79 Å². The SMILES string of the molecule is CCCCCn1c(=O)cc(NC2=CC(CC)=C(C)C=CC2)[nH]c1=O. The van der Waals surface area contributed by atoms with Crippen LogP contribution in [0.1, 0.15) is 52.9 Å². The van der Waals surface area contributed by atoms with Crippen LogP contribution >= 0.6 is 0 Å². The smallest absolute Gasteiger partial charge is 0.329 e. The lowest BCUT2D eigenvalue weighted by atomic mass is 10.1. The van der Waals surface area contributed by atoms with Crippen molar-refractivity contribution in [1.82, 2.24) is 9.55 Å². The number of unbranched alkanes of at least 4 members (excludes halogenated alkanes) is 2. The first-order valence-corrected chi connectivity index (χ1v) is 8.73. The highest BCUT2D eigenvalue weighted by Gasteiger charge is 2.08. The molecule has 2 rings (SSSR count). The standard InChI is InChI=1S/C19H27N3O2/c1-4-6-7-11-22-18(23)13-17(21-19(22)24)20-16-10-8-9-14(3)15(5-2)12-16/h8-9,12-13,20H,4-7,10-11H2,1-3H3,(H,21,24). The van der Waals surface area contributed by atoms with E-state index in [1.807, 2.05) is 0 Å². The molecule has 1 aromatic rings. The van der Waals surface area contributed by atoms with Gasteiger partial charge in [-0.3, -0.25) is 14.3 Å². The van der Waals surface area contributed by atoms with Gasteiger partial charge in [0.1, 0.15) is 5.82 Å². The van der Waals surface area contributed by atoms with Crippen molar-refractivity contribution in [2.45, 2.75) is 59.4 Å². The van der Waals surface area contributed by atoms with Crippen LogP contribution in [0.15, 0.2) is 50.7 Å². The van der Waals surface area contributed by atoms with E-state index in [1.165, 1.54) is 21.8 Å². The fraction of sp³-hybridized carbons (Fsp3) is 0.474. The predicted octanol–water partition coefficient (Wildman–Crippen LogP) is 3.71. The number of nitrogens with one attached hydrogen (secondary N) is 2. The van der Waals surface area contributed by atoms with E-state index >= 15 is 0 Å². The highest BCUT2D eigenvalue weighted by Crippen LogP contribution is 2.20. The monoisotopic (exact) mass is 329 g/mol. The van der Waals surface area contributed by atoms with Crippen molar-refractivity contribution in [3.8, 4) is 0 Å². The normalized spacial score (nSPS) is 14.5. The Labute approximate surface area is 142 Å². The molecule has 0 bridgehead atoms. The Hall–Kier alpha value is -2.30. The molecule has 0 spiro atoms. The molecule has 0 unspecified atom stereocenters. The summed E-state index contributed by atoms with van der Waals surface area (Å²) in [5.74, 6) is 0.450. The fourth-order valence-electron chi connectivity index (χ4n) is 2.81. The van der Waals surface area contributed by atoms with Crippen LogP contribution in [0.5, 0.6) is 0 Å². The van der Waals surface area contributed by atoms with E-state index in [4.69, 9.17) is 0 Å². The van der Waals surface area contributed by atoms with Crippen LogP contribution < -0.4 is 16.6 Å². The molecule has 0 saturated heterocycles. The molecule has 1 aromatic heterocycles. The Kier molecular flexibility index (Phi) is 6.41. The zero-order valence-electron chi connectivity index (χ0n) is 14.8. The molecule has 0 atom stereocenters. The van der Waals surface area contributed by atoms with E-state index in [-0.39, 0.29) is 11.2 Å². The van der Waals surface area contributed by atoms with Crippen LogP contribution in [-0.2, 0) is 6.54 Å². The molecule has 0 fully saturated rings. The molecule has 0 aromatic carbocycles. The van der Waals surface area contributed by atoms with Gasteiger partial charge in [0, 0.05) is 24.7 Å². The summed E-state index contributed by atoms with van der Waals surface area (Å²) >= 11 is 0. The Morgan fingerprint density at radius 1 is 1.25 bits per heavy atom. The van der Waals surface area contributed by atoms with Gasteiger partial charge in [-0.2, -0.15) is 0 Å². The third kappa shape index (κ3) is 4.60. The molecule has 1 heterocycles. The second-order valence-electron chi connectivity index (χ2n) is 6.15. The molecule has 1 aliphatic rings. The number of anilines is 1. The minimum Gasteiger partial charge on any atom is -0.345 e. The number of aromatic amines is 1. The van der Waals surface area contributed by atoms with E-state index in [0.717, 1.165) is 37.8 Å². The summed E-state index contributed by atoms with van der Waals surface area (Å²) in [6.07, 6.45) is 10.9. The van der Waals surface area contributed by atoms with Crippen LogP contribution in [0.3, 0.4) is 0 Å². The van der Waals surface area contributed by atoms with Gasteiger partial charge in [-0.1, -0.05) is 38.8 Å². The topological polar surface area (TPSA) is 66.9 Å². The van der Waals surface area contributed by atoms with Crippen molar-refractivity contribution in [3.63, 3.8) is 0 Å². The number of H-pyrrole nitrogens is 1. The van der Waals surface area contributed by atoms with Gasteiger partial charge < -0.3 is 5.32 Å². The minimum atomic E-state index is -0.353. The Morgan fingerprint density at radius 3 is 2.71 bits per heavy atom. The third-order valence-electron chi connectivity index (χ3n) is 4.24. The second-order valence-corrected chi connectivity index (χ2v) is 6.15. The average Bonchev–Trinajstić information content (AvgIpc) is 2.71. The van der Waals surface area contributed by atoms with Crippen molar-refractivity contribution in [3.05, 3.63) is 62.0 Å². The molecule has 5 heteroatoms. The summed E-state index contributed by atoms with van der Waals surface area (Å²) in [4.78, 5) is 27.1. The zero-order valence-corrected chi connectivity index (χ0v) is 14.8. The molecule has 24 heavy (non-hydrogen) atoms. The maximum absolute atomic E-state index is 12.2. The highest BCUT2D eigenvalue weighted by atomic mass is 16.2. The molecule has 0 saturated carbocycles. The van der Waals surface area contributed by atoms with Gasteiger partial charge >= 0.3 is 5.69 Å². The fourth-order valence-corrected chi connectivity index (χ4v) is 2.81. The summed E-state index contributed by atoms with van der Waals surface area (Å²) in [5, 5.41) is 3.19. The van der Waals surface area contributed by atoms with E-state index in [0.29, 0.717) is 12.4 Å². The summed E-state index contributed by atoms with van der Waals surface area (Å²) in [7, 11) is 0. The van der Waals surface area contributed by atoms with Crippen molar-refractivity contribution in [2.24, 2.45) is 0 Å². The molecule has 5 nitrogen and oxygen atoms in total. The van der Waals surface area contributed by atoms with Crippen LogP contribution in [0, 0.1) is 0 Å². The van der Waals surface area contributed by atoms with E-state index in [9.17, 15) is 9.59 Å². The number of allylic oxidation sites excluding steroid dienone is 5. The summed E-state index contributed by atoms with van der Waals surface area (Å²) in [5.41, 5.74) is 2.85. The van der Waals surface area contributed by atoms with Crippen molar-refractivity contribution < 1.29 is 0 Å². The first-order chi connectivity index (χ1) is 11.5. The summed E-state index contributed by atoms with van der Waals surface area (Å²) in [6, 6.07) is 1.46. The lowest BCUT2D eigenvalue weighted by Crippen LogP contribution is -2.35. The molecular weight excluding hydrogens is 302 g/mol. The van der Waals surface area contributed by atoms with Crippen molar-refractivity contribution in [2.75, 3.05) is 5.32 Å². The maximum atomic E-state index is 12.2. The molecule has 0 amide bonds. The van der Waals surface area contributed by atoms with Gasteiger partial charge in [0.15, 0.2) is 0 Å². The van der Waals surface area contributed by atoms with Gasteiger partial charge in [0.05, 0.1) is 0 Å². The largest absolute Gasteiger partial charge is 0.345 e. The molecule has 0 aliphatic heterocycles. The number of hydrogen-bond donors (Lipinski definition) is 2. The molecule has 2 N–H and O–H groups in total. The van der Waals surface area contributed by atoms with Gasteiger partial charge in [-0.15, -0.1) is 0 Å². The average molecular weight is 329 g/mol.